The Hall–Kier alpha value is -0.790. The van der Waals surface area contributed by atoms with Crippen LogP contribution in [0.5, 0.6) is 0 Å². The molecule has 0 saturated heterocycles. The Bertz CT molecular complexity index is 161. The summed E-state index contributed by atoms with van der Waals surface area (Å²) in [7, 11) is 3.54. The average molecular weight is 183 g/mol. The van der Waals surface area contributed by atoms with Gasteiger partial charge in [-0.05, 0) is 18.9 Å². The molecule has 0 spiro atoms. The number of hydrogen-bond acceptors (Lipinski definition) is 1. The molecule has 0 aromatic carbocycles. The molecule has 0 heterocycles. The van der Waals surface area contributed by atoms with Crippen LogP contribution < -0.4 is 0 Å². The maximum absolute atomic E-state index is 11.1. The second-order valence-electron chi connectivity index (χ2n) is 3.48. The highest BCUT2D eigenvalue weighted by Gasteiger charge is 1.95. The van der Waals surface area contributed by atoms with Gasteiger partial charge < -0.3 is 4.90 Å². The molecule has 0 aromatic rings. The fourth-order valence-corrected chi connectivity index (χ4v) is 1.02. The van der Waals surface area contributed by atoms with Gasteiger partial charge in [-0.3, -0.25) is 4.79 Å². The van der Waals surface area contributed by atoms with Crippen LogP contribution in [-0.4, -0.2) is 24.9 Å². The lowest BCUT2D eigenvalue weighted by molar-refractivity contribution is -0.123. The maximum atomic E-state index is 11.1. The molecular formula is C11H21NO. The highest BCUT2D eigenvalue weighted by Crippen LogP contribution is 2.02. The van der Waals surface area contributed by atoms with Crippen molar-refractivity contribution in [1.82, 2.24) is 4.90 Å². The number of carbonyl (C=O) groups excluding carboxylic acids is 1. The van der Waals surface area contributed by atoms with Gasteiger partial charge >= 0.3 is 0 Å². The van der Waals surface area contributed by atoms with Crippen molar-refractivity contribution < 1.29 is 4.79 Å². The van der Waals surface area contributed by atoms with Crippen molar-refractivity contribution in [2.75, 3.05) is 14.1 Å². The van der Waals surface area contributed by atoms with Crippen LogP contribution in [0.4, 0.5) is 0 Å². The topological polar surface area (TPSA) is 20.3 Å². The van der Waals surface area contributed by atoms with Crippen LogP contribution in [0.1, 0.15) is 39.0 Å². The molecule has 0 radical (unpaired) electrons. The van der Waals surface area contributed by atoms with Gasteiger partial charge in [-0.1, -0.05) is 32.3 Å². The Kier molecular flexibility index (Phi) is 7.36. The Labute approximate surface area is 81.6 Å². The molecule has 1 amide bonds. The van der Waals surface area contributed by atoms with Gasteiger partial charge in [0.2, 0.25) is 5.91 Å². The fourth-order valence-electron chi connectivity index (χ4n) is 1.02. The molecule has 0 unspecified atom stereocenters. The lowest BCUT2D eigenvalue weighted by atomic mass is 10.1. The molecule has 0 saturated carbocycles. The Morgan fingerprint density at radius 2 is 1.92 bits per heavy atom. The normalized spacial score (nSPS) is 10.7. The van der Waals surface area contributed by atoms with Gasteiger partial charge in [0.05, 0.1) is 0 Å². The first-order valence-electron chi connectivity index (χ1n) is 5.06. The van der Waals surface area contributed by atoms with Crippen molar-refractivity contribution in [2.24, 2.45) is 0 Å². The maximum Gasteiger partial charge on any atom is 0.245 e. The van der Waals surface area contributed by atoms with Crippen LogP contribution in [0.3, 0.4) is 0 Å². The molecule has 0 rings (SSSR count). The summed E-state index contributed by atoms with van der Waals surface area (Å²) in [4.78, 5) is 12.7. The van der Waals surface area contributed by atoms with Gasteiger partial charge in [-0.25, -0.2) is 0 Å². The average Bonchev–Trinajstić information content (AvgIpc) is 2.10. The molecule has 2 nitrogen and oxygen atoms in total. The molecule has 0 N–H and O–H groups in total. The van der Waals surface area contributed by atoms with Gasteiger partial charge in [0, 0.05) is 14.1 Å². The molecule has 0 bridgehead atoms. The van der Waals surface area contributed by atoms with E-state index in [1.807, 2.05) is 6.08 Å². The lowest BCUT2D eigenvalue weighted by Crippen LogP contribution is -2.18. The zero-order valence-corrected chi connectivity index (χ0v) is 9.05. The number of hydrogen-bond donors (Lipinski definition) is 0. The molecule has 0 aromatic heterocycles. The summed E-state index contributed by atoms with van der Waals surface area (Å²) >= 11 is 0. The molecule has 2 heteroatoms. The van der Waals surface area contributed by atoms with Gasteiger partial charge in [-0.15, -0.1) is 0 Å². The molecular weight excluding hydrogens is 162 g/mol. The van der Waals surface area contributed by atoms with Crippen LogP contribution in [0, 0.1) is 0 Å². The van der Waals surface area contributed by atoms with Crippen LogP contribution >= 0.6 is 0 Å². The standard InChI is InChI=1S/C11H21NO/c1-4-5-6-7-8-9-10-11(13)12(2)3/h9-10H,4-8H2,1-3H3/b10-9+. The monoisotopic (exact) mass is 183 g/mol. The van der Waals surface area contributed by atoms with Crippen molar-refractivity contribution >= 4 is 5.91 Å². The molecule has 0 aliphatic rings. The lowest BCUT2D eigenvalue weighted by Gasteiger charge is -2.04. The second-order valence-corrected chi connectivity index (χ2v) is 3.48. The molecule has 0 aliphatic heterocycles. The number of rotatable bonds is 6. The van der Waals surface area contributed by atoms with Crippen molar-refractivity contribution in [3.8, 4) is 0 Å². The Balaban J connectivity index is 3.36. The van der Waals surface area contributed by atoms with E-state index >= 15 is 0 Å². The zero-order valence-electron chi connectivity index (χ0n) is 9.05. The van der Waals surface area contributed by atoms with Gasteiger partial charge in [0.15, 0.2) is 0 Å². The largest absolute Gasteiger partial charge is 0.345 e. The SMILES string of the molecule is CCCCCC/C=C/C(=O)N(C)C. The minimum absolute atomic E-state index is 0.0792. The predicted octanol–water partition coefficient (Wildman–Crippen LogP) is 2.60. The van der Waals surface area contributed by atoms with E-state index in [-0.39, 0.29) is 5.91 Å². The zero-order chi connectivity index (χ0) is 10.1. The van der Waals surface area contributed by atoms with Gasteiger partial charge in [0.25, 0.3) is 0 Å². The van der Waals surface area contributed by atoms with E-state index in [1.54, 1.807) is 25.1 Å². The third-order valence-corrected chi connectivity index (χ3v) is 1.93. The van der Waals surface area contributed by atoms with E-state index in [0.717, 1.165) is 6.42 Å². The van der Waals surface area contributed by atoms with E-state index in [4.69, 9.17) is 0 Å². The number of unbranched alkanes of at least 4 members (excludes halogenated alkanes) is 4. The van der Waals surface area contributed by atoms with E-state index in [2.05, 4.69) is 6.92 Å². The number of allylic oxidation sites excluding steroid dienone is 1. The van der Waals surface area contributed by atoms with Crippen LogP contribution in [0.2, 0.25) is 0 Å². The fraction of sp³-hybridized carbons (Fsp3) is 0.727. The summed E-state index contributed by atoms with van der Waals surface area (Å²) < 4.78 is 0. The molecule has 0 fully saturated rings. The second kappa shape index (κ2) is 7.84. The molecule has 0 aliphatic carbocycles. The van der Waals surface area contributed by atoms with Crippen LogP contribution in [-0.2, 0) is 4.79 Å². The van der Waals surface area contributed by atoms with Gasteiger partial charge in [0.1, 0.15) is 0 Å². The third-order valence-electron chi connectivity index (χ3n) is 1.93. The highest BCUT2D eigenvalue weighted by atomic mass is 16.2. The number of carbonyl (C=O) groups is 1. The van der Waals surface area contributed by atoms with E-state index in [9.17, 15) is 4.79 Å². The summed E-state index contributed by atoms with van der Waals surface area (Å²) in [5.74, 6) is 0.0792. The van der Waals surface area contributed by atoms with E-state index in [1.165, 1.54) is 25.7 Å². The summed E-state index contributed by atoms with van der Waals surface area (Å²) in [6.45, 7) is 2.20. The third kappa shape index (κ3) is 7.57. The van der Waals surface area contributed by atoms with Gasteiger partial charge in [-0.2, -0.15) is 0 Å². The quantitative estimate of drug-likeness (QED) is 0.458. The molecule has 0 atom stereocenters. The summed E-state index contributed by atoms with van der Waals surface area (Å²) in [5.41, 5.74) is 0. The molecule has 76 valence electrons. The van der Waals surface area contributed by atoms with E-state index < -0.39 is 0 Å². The minimum atomic E-state index is 0.0792. The first-order valence-corrected chi connectivity index (χ1v) is 5.06. The van der Waals surface area contributed by atoms with E-state index in [0.29, 0.717) is 0 Å². The minimum Gasteiger partial charge on any atom is -0.345 e. The Morgan fingerprint density at radius 3 is 2.46 bits per heavy atom. The predicted molar refractivity (Wildman–Crippen MR) is 56.6 cm³/mol. The van der Waals surface area contributed by atoms with Crippen molar-refractivity contribution in [3.05, 3.63) is 12.2 Å². The summed E-state index contributed by atoms with van der Waals surface area (Å²) in [5, 5.41) is 0. The Morgan fingerprint density at radius 1 is 1.23 bits per heavy atom. The van der Waals surface area contributed by atoms with Crippen molar-refractivity contribution in [3.63, 3.8) is 0 Å². The van der Waals surface area contributed by atoms with Crippen molar-refractivity contribution in [1.29, 1.82) is 0 Å². The summed E-state index contributed by atoms with van der Waals surface area (Å²) in [6, 6.07) is 0. The number of amides is 1. The summed E-state index contributed by atoms with van der Waals surface area (Å²) in [6.07, 6.45) is 9.70. The number of nitrogens with zero attached hydrogens (tertiary/aromatic N) is 1. The highest BCUT2D eigenvalue weighted by molar-refractivity contribution is 5.86. The first-order chi connectivity index (χ1) is 6.18. The molecule has 13 heavy (non-hydrogen) atoms. The number of likely N-dealkylation sites (N-methyl/N-ethyl adjacent to an activating group) is 1. The van der Waals surface area contributed by atoms with Crippen LogP contribution in [0.15, 0.2) is 12.2 Å². The first kappa shape index (κ1) is 12.2. The van der Waals surface area contributed by atoms with Crippen molar-refractivity contribution in [2.45, 2.75) is 39.0 Å². The van der Waals surface area contributed by atoms with Crippen LogP contribution in [0.25, 0.3) is 0 Å². The smallest absolute Gasteiger partial charge is 0.245 e.